The van der Waals surface area contributed by atoms with Crippen molar-refractivity contribution in [3.8, 4) is 0 Å². The SMILES string of the molecule is CCNC(=NCCOC)NCCC(=O)N(C)Cc1ccccc1Br.I. The summed E-state index contributed by atoms with van der Waals surface area (Å²) in [6.07, 6.45) is 0.412. The molecule has 1 rings (SSSR count). The Morgan fingerprint density at radius 2 is 2.04 bits per heavy atom. The Bertz CT molecular complexity index is 543. The van der Waals surface area contributed by atoms with Crippen LogP contribution in [-0.4, -0.2) is 57.2 Å². The molecule has 25 heavy (non-hydrogen) atoms. The number of benzene rings is 1. The zero-order valence-electron chi connectivity index (χ0n) is 15.0. The Morgan fingerprint density at radius 1 is 1.32 bits per heavy atom. The van der Waals surface area contributed by atoms with E-state index in [4.69, 9.17) is 4.74 Å². The molecule has 0 atom stereocenters. The number of rotatable bonds is 9. The van der Waals surface area contributed by atoms with Crippen LogP contribution >= 0.6 is 39.9 Å². The fraction of sp³-hybridized carbons (Fsp3) is 0.529. The molecule has 2 N–H and O–H groups in total. The van der Waals surface area contributed by atoms with Gasteiger partial charge >= 0.3 is 0 Å². The number of nitrogens with one attached hydrogen (secondary N) is 2. The number of amides is 1. The third kappa shape index (κ3) is 10.0. The summed E-state index contributed by atoms with van der Waals surface area (Å²) in [6, 6.07) is 7.93. The molecule has 142 valence electrons. The smallest absolute Gasteiger partial charge is 0.224 e. The van der Waals surface area contributed by atoms with Crippen molar-refractivity contribution in [1.29, 1.82) is 0 Å². The Morgan fingerprint density at radius 3 is 2.68 bits per heavy atom. The second-order valence-electron chi connectivity index (χ2n) is 5.27. The molecule has 0 aliphatic rings. The molecule has 8 heteroatoms. The predicted molar refractivity (Wildman–Crippen MR) is 117 cm³/mol. The molecule has 0 unspecified atom stereocenters. The minimum Gasteiger partial charge on any atom is -0.383 e. The minimum atomic E-state index is 0. The largest absolute Gasteiger partial charge is 0.383 e. The molecule has 0 saturated carbocycles. The van der Waals surface area contributed by atoms with Crippen LogP contribution < -0.4 is 10.6 Å². The Hall–Kier alpha value is -0.870. The lowest BCUT2D eigenvalue weighted by atomic mass is 10.2. The van der Waals surface area contributed by atoms with Gasteiger partial charge in [0.05, 0.1) is 13.2 Å². The Balaban J connectivity index is 0.00000576. The standard InChI is InChI=1S/C17H27BrN4O2.HI/c1-4-19-17(21-11-12-24-3)20-10-9-16(23)22(2)13-14-7-5-6-8-15(14)18;/h5-8H,4,9-13H2,1-3H3,(H2,19,20,21);1H. The first-order valence-electron chi connectivity index (χ1n) is 8.07. The molecule has 0 aromatic heterocycles. The molecule has 0 aliphatic carbocycles. The molecule has 0 bridgehead atoms. The van der Waals surface area contributed by atoms with E-state index in [0.29, 0.717) is 38.6 Å². The number of guanidine groups is 1. The quantitative estimate of drug-likeness (QED) is 0.225. The van der Waals surface area contributed by atoms with Gasteiger partial charge in [-0.15, -0.1) is 24.0 Å². The molecule has 1 aromatic carbocycles. The van der Waals surface area contributed by atoms with Crippen molar-refractivity contribution in [2.75, 3.05) is 40.4 Å². The van der Waals surface area contributed by atoms with E-state index in [1.807, 2.05) is 38.2 Å². The van der Waals surface area contributed by atoms with Gasteiger partial charge in [-0.1, -0.05) is 34.1 Å². The molecule has 0 saturated heterocycles. The average Bonchev–Trinajstić information content (AvgIpc) is 2.57. The number of aliphatic imine (C=N–C) groups is 1. The number of nitrogens with zero attached hydrogens (tertiary/aromatic N) is 2. The van der Waals surface area contributed by atoms with Crippen LogP contribution in [-0.2, 0) is 16.1 Å². The third-order valence-corrected chi connectivity index (χ3v) is 4.11. The van der Waals surface area contributed by atoms with Crippen molar-refractivity contribution >= 4 is 51.8 Å². The second-order valence-corrected chi connectivity index (χ2v) is 6.13. The highest BCUT2D eigenvalue weighted by molar-refractivity contribution is 14.0. The van der Waals surface area contributed by atoms with Gasteiger partial charge in [-0.2, -0.15) is 0 Å². The van der Waals surface area contributed by atoms with E-state index in [1.54, 1.807) is 12.0 Å². The van der Waals surface area contributed by atoms with E-state index in [-0.39, 0.29) is 29.9 Å². The number of carbonyl (C=O) groups is 1. The van der Waals surface area contributed by atoms with Gasteiger partial charge in [0, 0.05) is 44.7 Å². The number of carbonyl (C=O) groups excluding carboxylic acids is 1. The first kappa shape index (κ1) is 24.1. The fourth-order valence-corrected chi connectivity index (χ4v) is 2.45. The van der Waals surface area contributed by atoms with Crippen molar-refractivity contribution in [2.24, 2.45) is 4.99 Å². The number of methoxy groups -OCH3 is 1. The van der Waals surface area contributed by atoms with E-state index < -0.39 is 0 Å². The summed E-state index contributed by atoms with van der Waals surface area (Å²) in [5.74, 6) is 0.793. The van der Waals surface area contributed by atoms with Gasteiger partial charge in [-0.05, 0) is 18.6 Å². The molecule has 0 radical (unpaired) electrons. The van der Waals surface area contributed by atoms with Crippen LogP contribution in [0.1, 0.15) is 18.9 Å². The molecule has 0 fully saturated rings. The number of halogens is 2. The van der Waals surface area contributed by atoms with Gasteiger partial charge < -0.3 is 20.3 Å². The van der Waals surface area contributed by atoms with Crippen LogP contribution in [0.3, 0.4) is 0 Å². The topological polar surface area (TPSA) is 66.0 Å². The Labute approximate surface area is 175 Å². The van der Waals surface area contributed by atoms with Gasteiger partial charge in [0.1, 0.15) is 0 Å². The summed E-state index contributed by atoms with van der Waals surface area (Å²) in [6.45, 7) is 5.06. The highest BCUT2D eigenvalue weighted by Crippen LogP contribution is 2.17. The van der Waals surface area contributed by atoms with E-state index in [2.05, 4.69) is 31.6 Å². The van der Waals surface area contributed by atoms with E-state index in [0.717, 1.165) is 16.6 Å². The first-order chi connectivity index (χ1) is 11.6. The number of hydrogen-bond acceptors (Lipinski definition) is 3. The van der Waals surface area contributed by atoms with Crippen LogP contribution in [0.25, 0.3) is 0 Å². The van der Waals surface area contributed by atoms with E-state index >= 15 is 0 Å². The highest BCUT2D eigenvalue weighted by Gasteiger charge is 2.10. The zero-order valence-corrected chi connectivity index (χ0v) is 19.0. The maximum Gasteiger partial charge on any atom is 0.224 e. The normalized spacial score (nSPS) is 10.8. The van der Waals surface area contributed by atoms with Gasteiger partial charge in [-0.25, -0.2) is 0 Å². The van der Waals surface area contributed by atoms with Crippen LogP contribution in [0.5, 0.6) is 0 Å². The average molecular weight is 527 g/mol. The lowest BCUT2D eigenvalue weighted by Crippen LogP contribution is -2.39. The lowest BCUT2D eigenvalue weighted by molar-refractivity contribution is -0.130. The molecule has 1 amide bonds. The Kier molecular flexibility index (Phi) is 13.8. The molecule has 0 aliphatic heterocycles. The van der Waals surface area contributed by atoms with Gasteiger partial charge in [0.25, 0.3) is 0 Å². The van der Waals surface area contributed by atoms with Gasteiger partial charge in [-0.3, -0.25) is 9.79 Å². The molecule has 1 aromatic rings. The van der Waals surface area contributed by atoms with Gasteiger partial charge in [0.15, 0.2) is 5.96 Å². The van der Waals surface area contributed by atoms with Crippen LogP contribution in [0.15, 0.2) is 33.7 Å². The highest BCUT2D eigenvalue weighted by atomic mass is 127. The van der Waals surface area contributed by atoms with Crippen LogP contribution in [0.2, 0.25) is 0 Å². The zero-order chi connectivity index (χ0) is 17.8. The van der Waals surface area contributed by atoms with E-state index in [9.17, 15) is 4.79 Å². The summed E-state index contributed by atoms with van der Waals surface area (Å²) < 4.78 is 6.00. The molecular weight excluding hydrogens is 499 g/mol. The fourth-order valence-electron chi connectivity index (χ4n) is 2.04. The third-order valence-electron chi connectivity index (χ3n) is 3.33. The summed E-state index contributed by atoms with van der Waals surface area (Å²) >= 11 is 3.51. The van der Waals surface area contributed by atoms with Crippen molar-refractivity contribution in [1.82, 2.24) is 15.5 Å². The molecule has 0 heterocycles. The van der Waals surface area contributed by atoms with Crippen molar-refractivity contribution < 1.29 is 9.53 Å². The van der Waals surface area contributed by atoms with Crippen LogP contribution in [0.4, 0.5) is 0 Å². The lowest BCUT2D eigenvalue weighted by Gasteiger charge is -2.19. The van der Waals surface area contributed by atoms with Crippen molar-refractivity contribution in [2.45, 2.75) is 19.9 Å². The first-order valence-corrected chi connectivity index (χ1v) is 8.86. The number of ether oxygens (including phenoxy) is 1. The minimum absolute atomic E-state index is 0. The molecule has 0 spiro atoms. The maximum absolute atomic E-state index is 12.2. The summed E-state index contributed by atoms with van der Waals surface area (Å²) in [4.78, 5) is 18.3. The maximum atomic E-state index is 12.2. The van der Waals surface area contributed by atoms with E-state index in [1.165, 1.54) is 0 Å². The molecule has 6 nitrogen and oxygen atoms in total. The monoisotopic (exact) mass is 526 g/mol. The summed E-state index contributed by atoms with van der Waals surface area (Å²) in [7, 11) is 3.47. The predicted octanol–water partition coefficient (Wildman–Crippen LogP) is 2.62. The van der Waals surface area contributed by atoms with Gasteiger partial charge in [0.2, 0.25) is 5.91 Å². The van der Waals surface area contributed by atoms with Crippen molar-refractivity contribution in [3.63, 3.8) is 0 Å². The molecular formula is C17H28BrIN4O2. The summed E-state index contributed by atoms with van der Waals surface area (Å²) in [5.41, 5.74) is 1.09. The second kappa shape index (κ2) is 14.3. The summed E-state index contributed by atoms with van der Waals surface area (Å²) in [5, 5.41) is 6.31. The number of hydrogen-bond donors (Lipinski definition) is 2. The van der Waals surface area contributed by atoms with Crippen LogP contribution in [0, 0.1) is 0 Å². The van der Waals surface area contributed by atoms with Crippen molar-refractivity contribution in [3.05, 3.63) is 34.3 Å².